The highest BCUT2D eigenvalue weighted by Crippen LogP contribution is 2.55. The maximum Gasteiger partial charge on any atom is 0.354 e. The highest BCUT2D eigenvalue weighted by atomic mass is 32.2. The topological polar surface area (TPSA) is 107 Å². The van der Waals surface area contributed by atoms with E-state index in [9.17, 15) is 19.8 Å². The number of carbonyl (C=O) groups excluding carboxylic acids is 1. The van der Waals surface area contributed by atoms with Crippen LogP contribution in [0.25, 0.3) is 0 Å². The maximum absolute atomic E-state index is 12.4. The molecule has 10 heteroatoms. The maximum atomic E-state index is 12.4. The van der Waals surface area contributed by atoms with Crippen molar-refractivity contribution in [2.75, 3.05) is 18.0 Å². The number of amides is 1. The lowest BCUT2D eigenvalue weighted by molar-refractivity contribution is -0.157. The Morgan fingerprint density at radius 3 is 2.85 bits per heavy atom. The summed E-state index contributed by atoms with van der Waals surface area (Å²) in [4.78, 5) is 36.1. The van der Waals surface area contributed by atoms with Crippen LogP contribution in [0.15, 0.2) is 28.4 Å². The molecular weight excluding hydrogens is 388 g/mol. The Bertz CT molecular complexity index is 790. The molecule has 0 aliphatic carbocycles. The number of aliphatic hydroxyl groups excluding tert-OH is 1. The number of hydrogen-bond donors (Lipinski definition) is 2. The number of β-lactam (4-membered cyclic amide) rings is 1. The van der Waals surface area contributed by atoms with Gasteiger partial charge in [-0.25, -0.2) is 14.8 Å². The molecule has 4 rings (SSSR count). The van der Waals surface area contributed by atoms with Crippen LogP contribution in [0.2, 0.25) is 0 Å². The summed E-state index contributed by atoms with van der Waals surface area (Å²) in [6.45, 7) is 3.36. The largest absolute Gasteiger partial charge is 0.477 e. The van der Waals surface area contributed by atoms with E-state index in [0.29, 0.717) is 16.6 Å². The predicted octanol–water partition coefficient (Wildman–Crippen LogP) is 1.34. The Hall–Kier alpha value is -1.78. The van der Waals surface area contributed by atoms with Gasteiger partial charge < -0.3 is 15.1 Å². The molecule has 1 amide bonds. The Kier molecular flexibility index (Phi) is 5.04. The molecule has 2 fully saturated rings. The number of hydrogen-bond acceptors (Lipinski definition) is 8. The average molecular weight is 409 g/mol. The van der Waals surface area contributed by atoms with Crippen LogP contribution in [0.5, 0.6) is 0 Å². The summed E-state index contributed by atoms with van der Waals surface area (Å²) in [7, 11) is 0. The summed E-state index contributed by atoms with van der Waals surface area (Å²) in [5, 5.41) is 19.6. The first-order chi connectivity index (χ1) is 13.0. The smallest absolute Gasteiger partial charge is 0.354 e. The summed E-state index contributed by atoms with van der Waals surface area (Å²) >= 11 is 2.90. The first-order valence-electron chi connectivity index (χ1n) is 8.85. The van der Waals surface area contributed by atoms with Crippen molar-refractivity contribution in [3.63, 3.8) is 0 Å². The SMILES string of the molecule is CC[C@H](O)[C@@H]1C(=O)N2C(C(=O)O)=C(S[C@H]3CCN(c4ncccn4)C3)S[C@H]12. The fourth-order valence-electron chi connectivity index (χ4n) is 3.61. The molecular formula is C17H20N4O4S2. The minimum absolute atomic E-state index is 0.0639. The molecule has 4 heterocycles. The highest BCUT2D eigenvalue weighted by Gasteiger charge is 2.58. The fraction of sp³-hybridized carbons (Fsp3) is 0.529. The molecule has 144 valence electrons. The van der Waals surface area contributed by atoms with Gasteiger partial charge in [-0.2, -0.15) is 0 Å². The van der Waals surface area contributed by atoms with E-state index in [4.69, 9.17) is 0 Å². The normalized spacial score (nSPS) is 28.4. The van der Waals surface area contributed by atoms with Gasteiger partial charge in [-0.1, -0.05) is 18.7 Å². The lowest BCUT2D eigenvalue weighted by atomic mass is 9.90. The number of carboxylic acid groups (broad SMARTS) is 1. The number of anilines is 1. The van der Waals surface area contributed by atoms with Crippen LogP contribution in [0, 0.1) is 5.92 Å². The number of thioether (sulfide) groups is 2. The van der Waals surface area contributed by atoms with Gasteiger partial charge in [-0.15, -0.1) is 11.8 Å². The molecule has 0 saturated carbocycles. The second-order valence-corrected chi connectivity index (χ2v) is 9.38. The zero-order chi connectivity index (χ0) is 19.1. The van der Waals surface area contributed by atoms with E-state index in [2.05, 4.69) is 14.9 Å². The van der Waals surface area contributed by atoms with E-state index in [1.165, 1.54) is 28.4 Å². The van der Waals surface area contributed by atoms with E-state index in [0.717, 1.165) is 19.5 Å². The number of aromatic nitrogens is 2. The summed E-state index contributed by atoms with van der Waals surface area (Å²) in [5.74, 6) is -1.23. The summed E-state index contributed by atoms with van der Waals surface area (Å²) in [5.41, 5.74) is 0.0639. The zero-order valence-corrected chi connectivity index (χ0v) is 16.3. The molecule has 1 aromatic rings. The number of nitrogens with zero attached hydrogens (tertiary/aromatic N) is 4. The number of carboxylic acids is 1. The molecule has 8 nitrogen and oxygen atoms in total. The van der Waals surface area contributed by atoms with Crippen molar-refractivity contribution in [1.82, 2.24) is 14.9 Å². The van der Waals surface area contributed by atoms with Crippen LogP contribution in [-0.4, -0.2) is 66.8 Å². The molecule has 1 aromatic heterocycles. The molecule has 4 atom stereocenters. The van der Waals surface area contributed by atoms with E-state index in [-0.39, 0.29) is 22.2 Å². The quantitative estimate of drug-likeness (QED) is 0.674. The van der Waals surface area contributed by atoms with Gasteiger partial charge in [0.05, 0.1) is 16.3 Å². The molecule has 0 unspecified atom stereocenters. The number of fused-ring (bicyclic) bond motifs is 1. The summed E-state index contributed by atoms with van der Waals surface area (Å²) in [6.07, 6.45) is 4.04. The van der Waals surface area contributed by atoms with Gasteiger partial charge in [0.15, 0.2) is 5.70 Å². The van der Waals surface area contributed by atoms with Crippen LogP contribution in [0.1, 0.15) is 19.8 Å². The third-order valence-corrected chi connectivity index (χ3v) is 7.89. The predicted molar refractivity (Wildman–Crippen MR) is 103 cm³/mol. The van der Waals surface area contributed by atoms with Gasteiger partial charge >= 0.3 is 5.97 Å². The molecule has 0 aromatic carbocycles. The Morgan fingerprint density at radius 2 is 2.19 bits per heavy atom. The first-order valence-corrected chi connectivity index (χ1v) is 10.6. The third-order valence-electron chi connectivity index (χ3n) is 5.04. The van der Waals surface area contributed by atoms with Crippen LogP contribution >= 0.6 is 23.5 Å². The molecule has 0 radical (unpaired) electrons. The van der Waals surface area contributed by atoms with Gasteiger partial charge in [0.2, 0.25) is 11.9 Å². The Morgan fingerprint density at radius 1 is 1.44 bits per heavy atom. The molecule has 0 bridgehead atoms. The number of aliphatic hydroxyl groups is 1. The lowest BCUT2D eigenvalue weighted by Gasteiger charge is -2.44. The van der Waals surface area contributed by atoms with Crippen molar-refractivity contribution >= 4 is 41.3 Å². The van der Waals surface area contributed by atoms with Gasteiger partial charge in [-0.05, 0) is 18.9 Å². The third kappa shape index (κ3) is 3.19. The molecule has 2 N–H and O–H groups in total. The monoisotopic (exact) mass is 408 g/mol. The highest BCUT2D eigenvalue weighted by molar-refractivity contribution is 8.23. The first kappa shape index (κ1) is 18.6. The average Bonchev–Trinajstić information content (AvgIpc) is 3.25. The number of carbonyl (C=O) groups is 2. The van der Waals surface area contributed by atoms with Crippen LogP contribution in [0.4, 0.5) is 5.95 Å². The second kappa shape index (κ2) is 7.33. The van der Waals surface area contributed by atoms with Crippen molar-refractivity contribution < 1.29 is 19.8 Å². The van der Waals surface area contributed by atoms with Crippen molar-refractivity contribution in [2.45, 2.75) is 36.5 Å². The van der Waals surface area contributed by atoms with Crippen LogP contribution in [0.3, 0.4) is 0 Å². The fourth-order valence-corrected chi connectivity index (χ4v) is 6.89. The summed E-state index contributed by atoms with van der Waals surface area (Å²) in [6, 6.07) is 1.77. The van der Waals surface area contributed by atoms with E-state index < -0.39 is 18.0 Å². The minimum Gasteiger partial charge on any atom is -0.477 e. The Balaban J connectivity index is 1.47. The van der Waals surface area contributed by atoms with Gasteiger partial charge in [-0.3, -0.25) is 9.69 Å². The van der Waals surface area contributed by atoms with Crippen LogP contribution < -0.4 is 4.90 Å². The molecule has 3 aliphatic heterocycles. The lowest BCUT2D eigenvalue weighted by Crippen LogP contribution is -2.61. The minimum atomic E-state index is -1.09. The standard InChI is InChI=1S/C17H20N4O4S2/c1-2-10(22)11-13(23)21-12(15(24)25)16(27-14(11)21)26-9-4-7-20(8-9)17-18-5-3-6-19-17/h3,5-6,9-11,14,22H,2,4,7-8H2,1H3,(H,24,25)/t9-,10-,11+,14+/m0/s1. The summed E-state index contributed by atoms with van der Waals surface area (Å²) < 4.78 is 0.660. The second-order valence-electron chi connectivity index (χ2n) is 6.68. The number of aliphatic carboxylic acids is 1. The Labute approximate surface area is 165 Å². The van der Waals surface area contributed by atoms with Crippen molar-refractivity contribution in [2.24, 2.45) is 5.92 Å². The van der Waals surface area contributed by atoms with Gasteiger partial charge in [0.25, 0.3) is 0 Å². The van der Waals surface area contributed by atoms with E-state index >= 15 is 0 Å². The van der Waals surface area contributed by atoms with E-state index in [1.54, 1.807) is 18.5 Å². The molecule has 2 saturated heterocycles. The zero-order valence-electron chi connectivity index (χ0n) is 14.7. The number of rotatable bonds is 6. The van der Waals surface area contributed by atoms with Gasteiger partial charge in [0.1, 0.15) is 5.37 Å². The van der Waals surface area contributed by atoms with Crippen molar-refractivity contribution in [1.29, 1.82) is 0 Å². The van der Waals surface area contributed by atoms with Crippen molar-refractivity contribution in [3.05, 3.63) is 28.4 Å². The molecule has 0 spiro atoms. The van der Waals surface area contributed by atoms with Crippen LogP contribution in [-0.2, 0) is 9.59 Å². The van der Waals surface area contributed by atoms with Gasteiger partial charge in [0, 0.05) is 30.7 Å². The molecule has 27 heavy (non-hydrogen) atoms. The van der Waals surface area contributed by atoms with E-state index in [1.807, 2.05) is 6.92 Å². The van der Waals surface area contributed by atoms with Crippen molar-refractivity contribution in [3.8, 4) is 0 Å². The molecule has 3 aliphatic rings.